The summed E-state index contributed by atoms with van der Waals surface area (Å²) in [6, 6.07) is 4.98. The number of aliphatic hydroxyl groups is 1. The molecule has 1 aromatic carbocycles. The van der Waals surface area contributed by atoms with Gasteiger partial charge in [-0.1, -0.05) is 0 Å². The number of nitrogens with zero attached hydrogens (tertiary/aromatic N) is 1. The Morgan fingerprint density at radius 3 is 2.95 bits per heavy atom. The molecule has 0 aliphatic heterocycles. The number of anilines is 1. The van der Waals surface area contributed by atoms with Crippen molar-refractivity contribution in [1.82, 2.24) is 10.3 Å². The first kappa shape index (κ1) is 13.9. The van der Waals surface area contributed by atoms with Crippen LogP contribution >= 0.6 is 0 Å². The van der Waals surface area contributed by atoms with E-state index in [0.29, 0.717) is 28.6 Å². The molecular formula is C15H19N3O3. The minimum Gasteiger partial charge on any atom is -0.441 e. The van der Waals surface area contributed by atoms with Gasteiger partial charge in [0, 0.05) is 12.6 Å². The van der Waals surface area contributed by atoms with Gasteiger partial charge < -0.3 is 20.2 Å². The highest BCUT2D eigenvalue weighted by Gasteiger charge is 2.42. The average Bonchev–Trinajstić information content (AvgIpc) is 3.21. The van der Waals surface area contributed by atoms with Crippen LogP contribution < -0.4 is 10.6 Å². The summed E-state index contributed by atoms with van der Waals surface area (Å²) < 4.78 is 5.39. The van der Waals surface area contributed by atoms with E-state index in [-0.39, 0.29) is 12.6 Å². The molecule has 1 saturated carbocycles. The highest BCUT2D eigenvalue weighted by molar-refractivity contribution is 5.92. The average molecular weight is 289 g/mol. The maximum Gasteiger partial charge on any atom is 0.319 e. The van der Waals surface area contributed by atoms with Crippen molar-refractivity contribution < 1.29 is 14.3 Å². The molecule has 1 aliphatic carbocycles. The second kappa shape index (κ2) is 5.04. The monoisotopic (exact) mass is 289 g/mol. The molecule has 0 bridgehead atoms. The second-order valence-electron chi connectivity index (χ2n) is 5.84. The van der Waals surface area contributed by atoms with E-state index in [9.17, 15) is 9.90 Å². The first-order valence-corrected chi connectivity index (χ1v) is 7.07. The van der Waals surface area contributed by atoms with Crippen LogP contribution in [0.2, 0.25) is 0 Å². The van der Waals surface area contributed by atoms with E-state index in [0.717, 1.165) is 12.8 Å². The summed E-state index contributed by atoms with van der Waals surface area (Å²) in [5.41, 5.74) is 1.48. The third-order valence-electron chi connectivity index (χ3n) is 3.96. The largest absolute Gasteiger partial charge is 0.441 e. The number of carbonyl (C=O) groups is 1. The van der Waals surface area contributed by atoms with E-state index >= 15 is 0 Å². The molecule has 3 N–H and O–H groups in total. The molecule has 0 spiro atoms. The molecule has 1 aliphatic rings. The lowest BCUT2D eigenvalue weighted by Crippen LogP contribution is -2.52. The number of urea groups is 1. The lowest BCUT2D eigenvalue weighted by Gasteiger charge is -2.28. The summed E-state index contributed by atoms with van der Waals surface area (Å²) in [4.78, 5) is 16.3. The van der Waals surface area contributed by atoms with Crippen molar-refractivity contribution in [2.24, 2.45) is 5.92 Å². The molecule has 1 unspecified atom stereocenters. The predicted octanol–water partition coefficient (Wildman–Crippen LogP) is 2.42. The van der Waals surface area contributed by atoms with Gasteiger partial charge in [-0.3, -0.25) is 0 Å². The minimum atomic E-state index is -0.557. The summed E-state index contributed by atoms with van der Waals surface area (Å²) in [6.45, 7) is 3.59. The molecular weight excluding hydrogens is 270 g/mol. The molecule has 1 atom stereocenters. The Hall–Kier alpha value is -2.08. The fourth-order valence-corrected chi connectivity index (χ4v) is 2.53. The number of aliphatic hydroxyl groups excluding tert-OH is 1. The number of hydrogen-bond acceptors (Lipinski definition) is 4. The molecule has 2 amide bonds. The molecule has 1 aromatic heterocycles. The van der Waals surface area contributed by atoms with Gasteiger partial charge in [0.25, 0.3) is 0 Å². The highest BCUT2D eigenvalue weighted by Crippen LogP contribution is 2.39. The van der Waals surface area contributed by atoms with Crippen LogP contribution in [0.15, 0.2) is 22.6 Å². The van der Waals surface area contributed by atoms with Crippen LogP contribution in [0.3, 0.4) is 0 Å². The van der Waals surface area contributed by atoms with Crippen LogP contribution in [0, 0.1) is 12.8 Å². The highest BCUT2D eigenvalue weighted by atomic mass is 16.3. The maximum absolute atomic E-state index is 12.1. The van der Waals surface area contributed by atoms with Crippen molar-refractivity contribution in [2.45, 2.75) is 32.2 Å². The molecule has 6 heteroatoms. The Labute approximate surface area is 122 Å². The summed E-state index contributed by atoms with van der Waals surface area (Å²) >= 11 is 0. The van der Waals surface area contributed by atoms with Gasteiger partial charge in [-0.25, -0.2) is 9.78 Å². The molecule has 1 heterocycles. The first-order chi connectivity index (χ1) is 10.00. The van der Waals surface area contributed by atoms with Crippen LogP contribution in [-0.4, -0.2) is 28.3 Å². The van der Waals surface area contributed by atoms with E-state index in [1.807, 2.05) is 6.92 Å². The zero-order valence-electron chi connectivity index (χ0n) is 12.1. The molecule has 6 nitrogen and oxygen atoms in total. The predicted molar refractivity (Wildman–Crippen MR) is 79.1 cm³/mol. The van der Waals surface area contributed by atoms with Crippen molar-refractivity contribution >= 4 is 22.8 Å². The zero-order valence-corrected chi connectivity index (χ0v) is 12.1. The van der Waals surface area contributed by atoms with Crippen LogP contribution in [0.1, 0.15) is 25.7 Å². The van der Waals surface area contributed by atoms with E-state index in [1.54, 1.807) is 25.1 Å². The Bertz CT molecular complexity index is 678. The Balaban J connectivity index is 1.70. The van der Waals surface area contributed by atoms with E-state index in [1.165, 1.54) is 0 Å². The summed E-state index contributed by atoms with van der Waals surface area (Å²) in [5.74, 6) is 0.946. The van der Waals surface area contributed by atoms with Gasteiger partial charge in [-0.2, -0.15) is 0 Å². The molecule has 3 rings (SSSR count). The Kier molecular flexibility index (Phi) is 3.33. The van der Waals surface area contributed by atoms with Crippen molar-refractivity contribution in [3.63, 3.8) is 0 Å². The molecule has 2 aromatic rings. The minimum absolute atomic E-state index is 0.0629. The van der Waals surface area contributed by atoms with Gasteiger partial charge in [-0.05, 0) is 43.9 Å². The number of amides is 2. The number of oxazole rings is 1. The molecule has 0 radical (unpaired) electrons. The number of benzene rings is 1. The zero-order chi connectivity index (χ0) is 15.0. The van der Waals surface area contributed by atoms with Crippen LogP contribution in [0.5, 0.6) is 0 Å². The fourth-order valence-electron chi connectivity index (χ4n) is 2.53. The van der Waals surface area contributed by atoms with Crippen molar-refractivity contribution in [3.05, 3.63) is 24.1 Å². The summed E-state index contributed by atoms with van der Waals surface area (Å²) in [6.07, 6.45) is 2.09. The molecule has 0 saturated heterocycles. The SMILES string of the molecule is Cc1nc2cc(NC(=O)NC(C)(CO)C3CC3)ccc2o1. The van der Waals surface area contributed by atoms with Gasteiger partial charge >= 0.3 is 6.03 Å². The lowest BCUT2D eigenvalue weighted by molar-refractivity contribution is 0.159. The van der Waals surface area contributed by atoms with Crippen molar-refractivity contribution in [3.8, 4) is 0 Å². The molecule has 21 heavy (non-hydrogen) atoms. The van der Waals surface area contributed by atoms with Crippen LogP contribution in [0.25, 0.3) is 11.1 Å². The van der Waals surface area contributed by atoms with Crippen molar-refractivity contribution in [1.29, 1.82) is 0 Å². The van der Waals surface area contributed by atoms with Gasteiger partial charge in [0.2, 0.25) is 0 Å². The number of rotatable bonds is 4. The number of nitrogens with one attached hydrogen (secondary N) is 2. The van der Waals surface area contributed by atoms with Gasteiger partial charge in [-0.15, -0.1) is 0 Å². The molecule has 1 fully saturated rings. The second-order valence-corrected chi connectivity index (χ2v) is 5.84. The van der Waals surface area contributed by atoms with E-state index < -0.39 is 5.54 Å². The number of fused-ring (bicyclic) bond motifs is 1. The lowest BCUT2D eigenvalue weighted by atomic mass is 9.97. The summed E-state index contributed by atoms with van der Waals surface area (Å²) in [7, 11) is 0. The van der Waals surface area contributed by atoms with Crippen LogP contribution in [-0.2, 0) is 0 Å². The summed E-state index contributed by atoms with van der Waals surface area (Å²) in [5, 5.41) is 15.1. The first-order valence-electron chi connectivity index (χ1n) is 7.07. The number of aryl methyl sites for hydroxylation is 1. The van der Waals surface area contributed by atoms with E-state index in [4.69, 9.17) is 4.42 Å². The van der Waals surface area contributed by atoms with Gasteiger partial charge in [0.15, 0.2) is 11.5 Å². The third-order valence-corrected chi connectivity index (χ3v) is 3.96. The normalized spacial score (nSPS) is 17.5. The Morgan fingerprint density at radius 1 is 1.52 bits per heavy atom. The smallest absolute Gasteiger partial charge is 0.319 e. The quantitative estimate of drug-likeness (QED) is 0.806. The third kappa shape index (κ3) is 2.85. The van der Waals surface area contributed by atoms with E-state index in [2.05, 4.69) is 15.6 Å². The molecule has 112 valence electrons. The number of carbonyl (C=O) groups excluding carboxylic acids is 1. The van der Waals surface area contributed by atoms with Gasteiger partial charge in [0.1, 0.15) is 5.52 Å². The topological polar surface area (TPSA) is 87.4 Å². The van der Waals surface area contributed by atoms with Crippen molar-refractivity contribution in [2.75, 3.05) is 11.9 Å². The van der Waals surface area contributed by atoms with Gasteiger partial charge in [0.05, 0.1) is 12.1 Å². The van der Waals surface area contributed by atoms with Crippen LogP contribution in [0.4, 0.5) is 10.5 Å². The standard InChI is InChI=1S/C15H19N3O3/c1-9-16-12-7-11(5-6-13(12)21-9)17-14(20)18-15(2,8-19)10-3-4-10/h5-7,10,19H,3-4,8H2,1-2H3,(H2,17,18,20). The number of hydrogen-bond donors (Lipinski definition) is 3. The maximum atomic E-state index is 12.1. The Morgan fingerprint density at radius 2 is 2.29 bits per heavy atom. The fraction of sp³-hybridized carbons (Fsp3) is 0.467. The number of aromatic nitrogens is 1.